The first-order chi connectivity index (χ1) is 8.15. The monoisotopic (exact) mass is 232 g/mol. The molecule has 1 unspecified atom stereocenters. The lowest BCUT2D eigenvalue weighted by molar-refractivity contribution is 0.0753. The van der Waals surface area contributed by atoms with E-state index in [-0.39, 0.29) is 12.0 Å². The average Bonchev–Trinajstić information content (AvgIpc) is 2.72. The van der Waals surface area contributed by atoms with E-state index < -0.39 is 0 Å². The molecule has 0 saturated heterocycles. The highest BCUT2D eigenvalue weighted by molar-refractivity contribution is 5.94. The number of carbonyl (C=O) groups is 1. The van der Waals surface area contributed by atoms with Crippen molar-refractivity contribution >= 4 is 11.6 Å². The van der Waals surface area contributed by atoms with Gasteiger partial charge >= 0.3 is 0 Å². The largest absolute Gasteiger partial charge is 0.390 e. The molecule has 0 aliphatic carbocycles. The SMILES string of the molecule is CC1=NOC(CNC(=O)c2cccc(C)c2)C1. The smallest absolute Gasteiger partial charge is 0.251 e. The quantitative estimate of drug-likeness (QED) is 0.865. The Labute approximate surface area is 101 Å². The number of carbonyl (C=O) groups excluding carboxylic acids is 1. The summed E-state index contributed by atoms with van der Waals surface area (Å²) in [7, 11) is 0. The lowest BCUT2D eigenvalue weighted by Crippen LogP contribution is -2.32. The number of hydrogen-bond donors (Lipinski definition) is 1. The minimum atomic E-state index is -0.0677. The lowest BCUT2D eigenvalue weighted by atomic mass is 10.1. The molecular formula is C13H16N2O2. The molecule has 90 valence electrons. The van der Waals surface area contributed by atoms with Crippen LogP contribution in [0.4, 0.5) is 0 Å². The zero-order chi connectivity index (χ0) is 12.3. The molecule has 1 aliphatic rings. The summed E-state index contributed by atoms with van der Waals surface area (Å²) in [6.45, 7) is 4.38. The van der Waals surface area contributed by atoms with Crippen LogP contribution < -0.4 is 5.32 Å². The molecule has 0 bridgehead atoms. The van der Waals surface area contributed by atoms with Crippen molar-refractivity contribution in [3.63, 3.8) is 0 Å². The molecule has 0 spiro atoms. The molecular weight excluding hydrogens is 216 g/mol. The van der Waals surface area contributed by atoms with Crippen LogP contribution in [-0.4, -0.2) is 24.3 Å². The molecule has 0 saturated carbocycles. The fourth-order valence-electron chi connectivity index (χ4n) is 1.77. The van der Waals surface area contributed by atoms with Crippen molar-refractivity contribution in [1.29, 1.82) is 0 Å². The van der Waals surface area contributed by atoms with Gasteiger partial charge in [-0.1, -0.05) is 22.9 Å². The van der Waals surface area contributed by atoms with Gasteiger partial charge in [-0.2, -0.15) is 0 Å². The zero-order valence-corrected chi connectivity index (χ0v) is 10.1. The molecule has 0 fully saturated rings. The van der Waals surface area contributed by atoms with Crippen molar-refractivity contribution in [2.24, 2.45) is 5.16 Å². The minimum Gasteiger partial charge on any atom is -0.390 e. The van der Waals surface area contributed by atoms with Crippen molar-refractivity contribution in [2.45, 2.75) is 26.4 Å². The lowest BCUT2D eigenvalue weighted by Gasteiger charge is -2.10. The van der Waals surface area contributed by atoms with E-state index in [4.69, 9.17) is 4.84 Å². The van der Waals surface area contributed by atoms with Crippen LogP contribution in [0, 0.1) is 6.92 Å². The molecule has 4 nitrogen and oxygen atoms in total. The summed E-state index contributed by atoms with van der Waals surface area (Å²) in [6.07, 6.45) is 0.762. The second kappa shape index (κ2) is 4.99. The highest BCUT2D eigenvalue weighted by atomic mass is 16.6. The standard InChI is InChI=1S/C13H16N2O2/c1-9-4-3-5-11(6-9)13(16)14-8-12-7-10(2)15-17-12/h3-6,12H,7-8H2,1-2H3,(H,14,16). The first-order valence-electron chi connectivity index (χ1n) is 5.69. The van der Waals surface area contributed by atoms with Crippen LogP contribution in [0.3, 0.4) is 0 Å². The van der Waals surface area contributed by atoms with E-state index in [1.54, 1.807) is 6.07 Å². The Kier molecular flexibility index (Phi) is 3.42. The van der Waals surface area contributed by atoms with Crippen molar-refractivity contribution in [2.75, 3.05) is 6.54 Å². The normalized spacial score (nSPS) is 18.5. The molecule has 1 aromatic carbocycles. The fraction of sp³-hybridized carbons (Fsp3) is 0.385. The van der Waals surface area contributed by atoms with Gasteiger partial charge in [0, 0.05) is 12.0 Å². The Morgan fingerprint density at radius 2 is 2.35 bits per heavy atom. The van der Waals surface area contributed by atoms with Crippen molar-refractivity contribution in [3.8, 4) is 0 Å². The molecule has 1 N–H and O–H groups in total. The maximum atomic E-state index is 11.8. The summed E-state index contributed by atoms with van der Waals surface area (Å²) in [4.78, 5) is 17.0. The predicted molar refractivity (Wildman–Crippen MR) is 66.1 cm³/mol. The van der Waals surface area contributed by atoms with E-state index in [0.29, 0.717) is 12.1 Å². The summed E-state index contributed by atoms with van der Waals surface area (Å²) in [5.41, 5.74) is 2.73. The van der Waals surface area contributed by atoms with Crippen molar-refractivity contribution in [3.05, 3.63) is 35.4 Å². The third-order valence-corrected chi connectivity index (χ3v) is 2.65. The van der Waals surface area contributed by atoms with Crippen LogP contribution in [0.15, 0.2) is 29.4 Å². The van der Waals surface area contributed by atoms with E-state index in [2.05, 4.69) is 10.5 Å². The second-order valence-corrected chi connectivity index (χ2v) is 4.34. The number of rotatable bonds is 3. The Morgan fingerprint density at radius 1 is 1.53 bits per heavy atom. The number of nitrogens with zero attached hydrogens (tertiary/aromatic N) is 1. The molecule has 17 heavy (non-hydrogen) atoms. The summed E-state index contributed by atoms with van der Waals surface area (Å²) in [5.74, 6) is -0.0677. The number of hydrogen-bond acceptors (Lipinski definition) is 3. The molecule has 1 amide bonds. The Bertz CT molecular complexity index is 454. The number of benzene rings is 1. The molecule has 4 heteroatoms. The third-order valence-electron chi connectivity index (χ3n) is 2.65. The first kappa shape index (κ1) is 11.6. The van der Waals surface area contributed by atoms with Crippen molar-refractivity contribution < 1.29 is 9.63 Å². The zero-order valence-electron chi connectivity index (χ0n) is 10.1. The van der Waals surface area contributed by atoms with E-state index in [1.165, 1.54) is 0 Å². The number of aryl methyl sites for hydroxylation is 1. The van der Waals surface area contributed by atoms with Gasteiger partial charge in [0.25, 0.3) is 5.91 Å². The van der Waals surface area contributed by atoms with Crippen LogP contribution in [0.25, 0.3) is 0 Å². The molecule has 1 aromatic rings. The Balaban J connectivity index is 1.86. The van der Waals surface area contributed by atoms with E-state index in [9.17, 15) is 4.79 Å². The fourth-order valence-corrected chi connectivity index (χ4v) is 1.77. The van der Waals surface area contributed by atoms with E-state index >= 15 is 0 Å². The van der Waals surface area contributed by atoms with Gasteiger partial charge in [0.1, 0.15) is 6.10 Å². The van der Waals surface area contributed by atoms with Gasteiger partial charge in [-0.3, -0.25) is 4.79 Å². The van der Waals surface area contributed by atoms with E-state index in [0.717, 1.165) is 17.7 Å². The second-order valence-electron chi connectivity index (χ2n) is 4.34. The first-order valence-corrected chi connectivity index (χ1v) is 5.69. The molecule has 1 aliphatic heterocycles. The summed E-state index contributed by atoms with van der Waals surface area (Å²) >= 11 is 0. The Hall–Kier alpha value is -1.84. The van der Waals surface area contributed by atoms with E-state index in [1.807, 2.05) is 32.0 Å². The molecule has 1 atom stereocenters. The van der Waals surface area contributed by atoms with Crippen LogP contribution >= 0.6 is 0 Å². The molecule has 1 heterocycles. The number of amides is 1. The van der Waals surface area contributed by atoms with Crippen LogP contribution in [0.5, 0.6) is 0 Å². The van der Waals surface area contributed by atoms with Gasteiger partial charge in [-0.15, -0.1) is 0 Å². The van der Waals surface area contributed by atoms with Gasteiger partial charge in [0.15, 0.2) is 0 Å². The van der Waals surface area contributed by atoms with Gasteiger partial charge in [-0.05, 0) is 26.0 Å². The topological polar surface area (TPSA) is 50.7 Å². The van der Waals surface area contributed by atoms with Gasteiger partial charge < -0.3 is 10.2 Å². The summed E-state index contributed by atoms with van der Waals surface area (Å²) < 4.78 is 0. The minimum absolute atomic E-state index is 0.0243. The maximum absolute atomic E-state index is 11.8. The molecule has 2 rings (SSSR count). The summed E-state index contributed by atoms with van der Waals surface area (Å²) in [5, 5.41) is 6.70. The van der Waals surface area contributed by atoms with Crippen molar-refractivity contribution in [1.82, 2.24) is 5.32 Å². The molecule has 0 aromatic heterocycles. The highest BCUT2D eigenvalue weighted by Crippen LogP contribution is 2.09. The third kappa shape index (κ3) is 3.06. The van der Waals surface area contributed by atoms with Gasteiger partial charge in [0.05, 0.1) is 12.3 Å². The summed E-state index contributed by atoms with van der Waals surface area (Å²) in [6, 6.07) is 7.52. The molecule has 0 radical (unpaired) electrons. The average molecular weight is 232 g/mol. The van der Waals surface area contributed by atoms with Crippen LogP contribution in [-0.2, 0) is 4.84 Å². The maximum Gasteiger partial charge on any atom is 0.251 e. The van der Waals surface area contributed by atoms with Crippen LogP contribution in [0.2, 0.25) is 0 Å². The highest BCUT2D eigenvalue weighted by Gasteiger charge is 2.18. The van der Waals surface area contributed by atoms with Gasteiger partial charge in [-0.25, -0.2) is 0 Å². The number of oxime groups is 1. The van der Waals surface area contributed by atoms with Gasteiger partial charge in [0.2, 0.25) is 0 Å². The predicted octanol–water partition coefficient (Wildman–Crippen LogP) is 1.89. The Morgan fingerprint density at radius 3 is 3.00 bits per heavy atom. The van der Waals surface area contributed by atoms with Crippen LogP contribution in [0.1, 0.15) is 29.3 Å². The number of nitrogens with one attached hydrogen (secondary N) is 1.